The highest BCUT2D eigenvalue weighted by molar-refractivity contribution is 6.46. The number of rotatable bonds is 8. The number of ether oxygens (including phenoxy) is 2. The topological polar surface area (TPSA) is 67.9 Å². The van der Waals surface area contributed by atoms with E-state index in [1.807, 2.05) is 68.4 Å². The van der Waals surface area contributed by atoms with Crippen molar-refractivity contribution in [2.75, 3.05) is 23.9 Å². The van der Waals surface area contributed by atoms with Crippen molar-refractivity contribution in [2.45, 2.75) is 20.3 Å². The lowest BCUT2D eigenvalue weighted by Gasteiger charge is -2.18. The van der Waals surface area contributed by atoms with Crippen LogP contribution in [0.3, 0.4) is 0 Å². The molecule has 6 nitrogen and oxygen atoms in total. The predicted molar refractivity (Wildman–Crippen MR) is 129 cm³/mol. The fourth-order valence-corrected chi connectivity index (χ4v) is 3.81. The number of nitrogens with zero attached hydrogens (tertiary/aromatic N) is 1. The number of para-hydroxylation sites is 2. The van der Waals surface area contributed by atoms with E-state index in [4.69, 9.17) is 9.47 Å². The summed E-state index contributed by atoms with van der Waals surface area (Å²) in [5.74, 6) is 0.378. The molecule has 2 amide bonds. The maximum atomic E-state index is 13.7. The lowest BCUT2D eigenvalue weighted by atomic mass is 10.0. The van der Waals surface area contributed by atoms with Crippen LogP contribution in [-0.4, -0.2) is 25.5 Å². The lowest BCUT2D eigenvalue weighted by Crippen LogP contribution is -2.33. The Morgan fingerprint density at radius 2 is 1.67 bits per heavy atom. The van der Waals surface area contributed by atoms with Crippen molar-refractivity contribution in [3.63, 3.8) is 0 Å². The summed E-state index contributed by atoms with van der Waals surface area (Å²) >= 11 is 0. The van der Waals surface area contributed by atoms with Gasteiger partial charge in [-0.1, -0.05) is 49.4 Å². The van der Waals surface area contributed by atoms with Crippen LogP contribution in [0, 0.1) is 6.92 Å². The van der Waals surface area contributed by atoms with Gasteiger partial charge in [0.15, 0.2) is 0 Å². The number of hydrogen-bond acceptors (Lipinski definition) is 5. The van der Waals surface area contributed by atoms with Gasteiger partial charge in [-0.15, -0.1) is 0 Å². The zero-order valence-corrected chi connectivity index (χ0v) is 18.9. The number of aryl methyl sites for hydroxylation is 1. The molecular weight excluding hydrogens is 416 g/mol. The van der Waals surface area contributed by atoms with E-state index in [1.165, 1.54) is 4.90 Å². The Labute approximate surface area is 193 Å². The number of amides is 2. The van der Waals surface area contributed by atoms with E-state index < -0.39 is 11.8 Å². The molecule has 1 aliphatic rings. The molecule has 0 saturated carbocycles. The van der Waals surface area contributed by atoms with E-state index in [9.17, 15) is 9.59 Å². The third kappa shape index (κ3) is 4.32. The largest absolute Gasteiger partial charge is 0.496 e. The second-order valence-corrected chi connectivity index (χ2v) is 7.68. The Hall–Kier alpha value is -4.06. The van der Waals surface area contributed by atoms with Gasteiger partial charge in [0.2, 0.25) is 0 Å². The number of hydrogen-bond donors (Lipinski definition) is 1. The van der Waals surface area contributed by atoms with Gasteiger partial charge in [0.1, 0.15) is 17.2 Å². The van der Waals surface area contributed by atoms with Crippen molar-refractivity contribution in [1.29, 1.82) is 0 Å². The third-order valence-electron chi connectivity index (χ3n) is 5.39. The quantitative estimate of drug-likeness (QED) is 0.487. The molecule has 4 rings (SSSR count). The standard InChI is InChI=1S/C27H26N2O4/c1-4-16-33-20-12-9-11-19(17-20)28-25-24(21-13-6-8-15-23(21)32-3)26(30)29(27(25)31)22-14-7-5-10-18(22)2/h5-15,17,28H,4,16H2,1-3H3. The van der Waals surface area contributed by atoms with Crippen LogP contribution in [0.25, 0.3) is 5.57 Å². The minimum absolute atomic E-state index is 0.195. The summed E-state index contributed by atoms with van der Waals surface area (Å²) in [6.45, 7) is 4.51. The van der Waals surface area contributed by atoms with Gasteiger partial charge in [0, 0.05) is 17.3 Å². The van der Waals surface area contributed by atoms with Crippen molar-refractivity contribution in [3.8, 4) is 11.5 Å². The molecule has 0 unspecified atom stereocenters. The maximum absolute atomic E-state index is 13.7. The fourth-order valence-electron chi connectivity index (χ4n) is 3.81. The predicted octanol–water partition coefficient (Wildman–Crippen LogP) is 5.19. The van der Waals surface area contributed by atoms with Crippen molar-refractivity contribution < 1.29 is 19.1 Å². The Kier molecular flexibility index (Phi) is 6.45. The van der Waals surface area contributed by atoms with Gasteiger partial charge < -0.3 is 14.8 Å². The minimum atomic E-state index is -0.421. The van der Waals surface area contributed by atoms with Crippen LogP contribution >= 0.6 is 0 Å². The number of imide groups is 1. The Morgan fingerprint density at radius 3 is 2.42 bits per heavy atom. The summed E-state index contributed by atoms with van der Waals surface area (Å²) in [5.41, 5.74) is 3.04. The van der Waals surface area contributed by atoms with Crippen LogP contribution < -0.4 is 19.7 Å². The average Bonchev–Trinajstić information content (AvgIpc) is 3.07. The Balaban J connectivity index is 1.82. The van der Waals surface area contributed by atoms with Gasteiger partial charge in [-0.05, 0) is 43.2 Å². The molecule has 0 saturated heterocycles. The highest BCUT2D eigenvalue weighted by Gasteiger charge is 2.41. The SMILES string of the molecule is CCCOc1cccc(NC2=C(c3ccccc3OC)C(=O)N(c3ccccc3C)C2=O)c1. The van der Waals surface area contributed by atoms with E-state index >= 15 is 0 Å². The summed E-state index contributed by atoms with van der Waals surface area (Å²) in [4.78, 5) is 28.5. The molecule has 3 aromatic carbocycles. The number of carbonyl (C=O) groups is 2. The number of methoxy groups -OCH3 is 1. The first-order valence-electron chi connectivity index (χ1n) is 10.9. The molecule has 1 aliphatic heterocycles. The maximum Gasteiger partial charge on any atom is 0.282 e. The molecule has 0 bridgehead atoms. The number of benzene rings is 3. The normalized spacial score (nSPS) is 13.5. The van der Waals surface area contributed by atoms with Crippen molar-refractivity contribution in [1.82, 2.24) is 0 Å². The molecule has 3 aromatic rings. The van der Waals surface area contributed by atoms with Crippen molar-refractivity contribution in [3.05, 3.63) is 89.6 Å². The summed E-state index contributed by atoms with van der Waals surface area (Å²) in [6.07, 6.45) is 0.888. The Bertz CT molecular complexity index is 1230. The second kappa shape index (κ2) is 9.61. The summed E-state index contributed by atoms with van der Waals surface area (Å²) < 4.78 is 11.2. The van der Waals surface area contributed by atoms with Crippen LogP contribution in [0.15, 0.2) is 78.5 Å². The monoisotopic (exact) mass is 442 g/mol. The molecule has 0 radical (unpaired) electrons. The number of carbonyl (C=O) groups excluding carboxylic acids is 2. The summed E-state index contributed by atoms with van der Waals surface area (Å²) in [5, 5.41) is 3.19. The molecule has 0 atom stereocenters. The lowest BCUT2D eigenvalue weighted by molar-refractivity contribution is -0.120. The first-order chi connectivity index (χ1) is 16.0. The van der Waals surface area contributed by atoms with E-state index in [0.29, 0.717) is 35.0 Å². The summed E-state index contributed by atoms with van der Waals surface area (Å²) in [7, 11) is 1.54. The van der Waals surface area contributed by atoms with Gasteiger partial charge >= 0.3 is 0 Å². The van der Waals surface area contributed by atoms with Gasteiger partial charge in [0.25, 0.3) is 11.8 Å². The van der Waals surface area contributed by atoms with E-state index in [-0.39, 0.29) is 11.3 Å². The van der Waals surface area contributed by atoms with E-state index in [0.717, 1.165) is 12.0 Å². The highest BCUT2D eigenvalue weighted by atomic mass is 16.5. The second-order valence-electron chi connectivity index (χ2n) is 7.68. The van der Waals surface area contributed by atoms with Crippen molar-refractivity contribution in [2.24, 2.45) is 0 Å². The van der Waals surface area contributed by atoms with Crippen LogP contribution in [0.5, 0.6) is 11.5 Å². The molecule has 0 fully saturated rings. The van der Waals surface area contributed by atoms with Gasteiger partial charge in [0.05, 0.1) is 25.0 Å². The van der Waals surface area contributed by atoms with Gasteiger partial charge in [-0.3, -0.25) is 9.59 Å². The average molecular weight is 443 g/mol. The molecule has 1 N–H and O–H groups in total. The first-order valence-corrected chi connectivity index (χ1v) is 10.9. The van der Waals surface area contributed by atoms with Crippen molar-refractivity contribution >= 4 is 28.8 Å². The molecular formula is C27H26N2O4. The number of nitrogens with one attached hydrogen (secondary N) is 1. The van der Waals surface area contributed by atoms with Crippen LogP contribution in [0.2, 0.25) is 0 Å². The molecule has 6 heteroatoms. The third-order valence-corrected chi connectivity index (χ3v) is 5.39. The number of anilines is 2. The van der Waals surface area contributed by atoms with Gasteiger partial charge in [-0.2, -0.15) is 0 Å². The highest BCUT2D eigenvalue weighted by Crippen LogP contribution is 2.38. The molecule has 0 aromatic heterocycles. The fraction of sp³-hybridized carbons (Fsp3) is 0.185. The molecule has 0 aliphatic carbocycles. The first kappa shape index (κ1) is 22.1. The molecule has 168 valence electrons. The van der Waals surface area contributed by atoms with Crippen LogP contribution in [-0.2, 0) is 9.59 Å². The molecule has 33 heavy (non-hydrogen) atoms. The van der Waals surface area contributed by atoms with Gasteiger partial charge in [-0.25, -0.2) is 4.90 Å². The van der Waals surface area contributed by atoms with E-state index in [1.54, 1.807) is 25.3 Å². The zero-order chi connectivity index (χ0) is 23.4. The van der Waals surface area contributed by atoms with E-state index in [2.05, 4.69) is 5.32 Å². The van der Waals surface area contributed by atoms with Crippen LogP contribution in [0.4, 0.5) is 11.4 Å². The molecule has 0 spiro atoms. The Morgan fingerprint density at radius 1 is 0.909 bits per heavy atom. The molecule has 1 heterocycles. The minimum Gasteiger partial charge on any atom is -0.496 e. The smallest absolute Gasteiger partial charge is 0.282 e. The summed E-state index contributed by atoms with van der Waals surface area (Å²) in [6, 6.07) is 21.9. The zero-order valence-electron chi connectivity index (χ0n) is 18.9. The van der Waals surface area contributed by atoms with Crippen LogP contribution in [0.1, 0.15) is 24.5 Å².